The lowest BCUT2D eigenvalue weighted by Crippen LogP contribution is -2.33. The van der Waals surface area contributed by atoms with Crippen molar-refractivity contribution >= 4 is 11.9 Å². The summed E-state index contributed by atoms with van der Waals surface area (Å²) in [5.74, 6) is 1.36. The number of ether oxygens (including phenoxy) is 2. The smallest absolute Gasteiger partial charge is 0.336 e. The number of aryl methyl sites for hydroxylation is 4. The van der Waals surface area contributed by atoms with Gasteiger partial charge in [0, 0.05) is 11.5 Å². The van der Waals surface area contributed by atoms with Crippen molar-refractivity contribution in [2.24, 2.45) is 23.7 Å². The van der Waals surface area contributed by atoms with Crippen LogP contribution in [0.2, 0.25) is 0 Å². The number of aliphatic hydroxyl groups excluding tert-OH is 1. The van der Waals surface area contributed by atoms with E-state index < -0.39 is 18.0 Å². The van der Waals surface area contributed by atoms with E-state index in [1.165, 1.54) is 80.5 Å². The molecular weight excluding hydrogens is 620 g/mol. The van der Waals surface area contributed by atoms with Gasteiger partial charge in [0.1, 0.15) is 0 Å². The summed E-state index contributed by atoms with van der Waals surface area (Å²) in [6.45, 7) is 15.4. The topological polar surface area (TPSA) is 72.8 Å². The van der Waals surface area contributed by atoms with Crippen LogP contribution in [0, 0.1) is 23.7 Å². The Labute approximate surface area is 302 Å². The third-order valence-electron chi connectivity index (χ3n) is 11.7. The highest BCUT2D eigenvalue weighted by Gasteiger charge is 2.35. The molecule has 1 N–H and O–H groups in total. The standard InChI is InChI=1S/C45H64O5/c1-7-9-10-11-34-12-14-35(15-13-34)16-17-36-18-27-43(37(8-2)28-36)41-25-23-39(24-26-41)38-19-21-40(22-20-38)42(29-49-44(47)31(3)4)30-50-45(48)32(5)33(6)46/h12-15,18,27-28,33,38-42,46H,3,5,7-11,16-17,19-26,29-30H2,1-2,4,6H3. The van der Waals surface area contributed by atoms with Crippen LogP contribution in [0.25, 0.3) is 0 Å². The van der Waals surface area contributed by atoms with Crippen LogP contribution in [-0.2, 0) is 44.7 Å². The minimum Gasteiger partial charge on any atom is -0.462 e. The van der Waals surface area contributed by atoms with E-state index >= 15 is 0 Å². The average Bonchev–Trinajstić information content (AvgIpc) is 3.14. The van der Waals surface area contributed by atoms with E-state index in [9.17, 15) is 14.7 Å². The first-order chi connectivity index (χ1) is 24.1. The molecule has 0 amide bonds. The molecule has 2 aromatic carbocycles. The quantitative estimate of drug-likeness (QED) is 0.0961. The van der Waals surface area contributed by atoms with Gasteiger partial charge in [0.2, 0.25) is 0 Å². The molecule has 2 aromatic rings. The number of hydrogen-bond donors (Lipinski definition) is 1. The fraction of sp³-hybridized carbons (Fsp3) is 0.600. The van der Waals surface area contributed by atoms with Crippen LogP contribution in [0.1, 0.15) is 132 Å². The number of hydrogen-bond acceptors (Lipinski definition) is 5. The summed E-state index contributed by atoms with van der Waals surface area (Å²) in [5.41, 5.74) is 7.87. The summed E-state index contributed by atoms with van der Waals surface area (Å²) >= 11 is 0. The SMILES string of the molecule is C=C(C)C(=O)OCC(COC(=O)C(=C)C(C)O)C1CCC(C2CCC(c3ccc(CCc4ccc(CCCCC)cc4)cc3CC)CC2)CC1. The van der Waals surface area contributed by atoms with E-state index in [1.807, 2.05) is 0 Å². The molecule has 0 saturated heterocycles. The molecule has 2 unspecified atom stereocenters. The van der Waals surface area contributed by atoms with E-state index in [2.05, 4.69) is 69.5 Å². The van der Waals surface area contributed by atoms with Crippen LogP contribution >= 0.6 is 0 Å². The second-order valence-electron chi connectivity index (χ2n) is 15.4. The number of rotatable bonds is 18. The summed E-state index contributed by atoms with van der Waals surface area (Å²) in [5, 5.41) is 9.72. The largest absolute Gasteiger partial charge is 0.462 e. The predicted octanol–water partition coefficient (Wildman–Crippen LogP) is 10.1. The lowest BCUT2D eigenvalue weighted by atomic mass is 9.66. The van der Waals surface area contributed by atoms with Crippen molar-refractivity contribution in [2.75, 3.05) is 13.2 Å². The number of benzene rings is 2. The van der Waals surface area contributed by atoms with Crippen molar-refractivity contribution in [1.82, 2.24) is 0 Å². The maximum atomic E-state index is 12.4. The normalized spacial score (nSPS) is 21.9. The van der Waals surface area contributed by atoms with E-state index in [1.54, 1.807) is 12.5 Å². The molecule has 274 valence electrons. The Morgan fingerprint density at radius 3 is 1.86 bits per heavy atom. The Morgan fingerprint density at radius 2 is 1.30 bits per heavy atom. The first-order valence-corrected chi connectivity index (χ1v) is 19.7. The molecule has 0 bridgehead atoms. The number of esters is 2. The van der Waals surface area contributed by atoms with Gasteiger partial charge in [-0.3, -0.25) is 0 Å². The molecule has 50 heavy (non-hydrogen) atoms. The zero-order valence-corrected chi connectivity index (χ0v) is 31.5. The minimum atomic E-state index is -0.959. The van der Waals surface area contributed by atoms with Gasteiger partial charge in [-0.15, -0.1) is 0 Å². The van der Waals surface area contributed by atoms with E-state index in [4.69, 9.17) is 9.47 Å². The van der Waals surface area contributed by atoms with Crippen molar-refractivity contribution in [3.8, 4) is 0 Å². The molecule has 2 saturated carbocycles. The lowest BCUT2D eigenvalue weighted by molar-refractivity contribution is -0.146. The van der Waals surface area contributed by atoms with Crippen molar-refractivity contribution in [3.63, 3.8) is 0 Å². The van der Waals surface area contributed by atoms with Gasteiger partial charge in [-0.05, 0) is 149 Å². The van der Waals surface area contributed by atoms with Crippen molar-refractivity contribution in [1.29, 1.82) is 0 Å². The second kappa shape index (κ2) is 20.0. The number of carbonyl (C=O) groups excluding carboxylic acids is 2. The van der Waals surface area contributed by atoms with Crippen molar-refractivity contribution < 1.29 is 24.2 Å². The van der Waals surface area contributed by atoms with Crippen LogP contribution in [0.15, 0.2) is 66.8 Å². The van der Waals surface area contributed by atoms with Gasteiger partial charge in [0.05, 0.1) is 24.9 Å². The lowest BCUT2D eigenvalue weighted by Gasteiger charge is -2.40. The first kappa shape index (κ1) is 39.6. The van der Waals surface area contributed by atoms with Gasteiger partial charge < -0.3 is 14.6 Å². The second-order valence-corrected chi connectivity index (χ2v) is 15.4. The maximum Gasteiger partial charge on any atom is 0.336 e. The molecule has 0 aliphatic heterocycles. The Kier molecular flexibility index (Phi) is 15.9. The van der Waals surface area contributed by atoms with Gasteiger partial charge in [0.15, 0.2) is 0 Å². The van der Waals surface area contributed by atoms with Crippen LogP contribution in [0.4, 0.5) is 0 Å². The van der Waals surface area contributed by atoms with E-state index in [-0.39, 0.29) is 24.7 Å². The maximum absolute atomic E-state index is 12.4. The third kappa shape index (κ3) is 11.7. The number of aliphatic hydroxyl groups is 1. The molecule has 2 aliphatic carbocycles. The molecular formula is C45H64O5. The van der Waals surface area contributed by atoms with E-state index in [0.29, 0.717) is 17.4 Å². The summed E-state index contributed by atoms with van der Waals surface area (Å²) in [7, 11) is 0. The van der Waals surface area contributed by atoms with Crippen LogP contribution in [0.5, 0.6) is 0 Å². The fourth-order valence-corrected chi connectivity index (χ4v) is 8.32. The molecule has 2 atom stereocenters. The average molecular weight is 685 g/mol. The molecule has 2 fully saturated rings. The Hall–Kier alpha value is -3.18. The first-order valence-electron chi connectivity index (χ1n) is 19.7. The Morgan fingerprint density at radius 1 is 0.760 bits per heavy atom. The van der Waals surface area contributed by atoms with Gasteiger partial charge >= 0.3 is 11.9 Å². The molecule has 0 spiro atoms. The van der Waals surface area contributed by atoms with Gasteiger partial charge in [0.25, 0.3) is 0 Å². The van der Waals surface area contributed by atoms with Crippen molar-refractivity contribution in [2.45, 2.75) is 136 Å². The number of unbranched alkanes of at least 4 members (excludes halogenated alkanes) is 2. The number of carbonyl (C=O) groups is 2. The Balaban J connectivity index is 1.26. The monoisotopic (exact) mass is 684 g/mol. The predicted molar refractivity (Wildman–Crippen MR) is 204 cm³/mol. The molecule has 0 heterocycles. The highest BCUT2D eigenvalue weighted by molar-refractivity contribution is 5.88. The zero-order chi connectivity index (χ0) is 36.0. The van der Waals surface area contributed by atoms with Gasteiger partial charge in [-0.25, -0.2) is 9.59 Å². The fourth-order valence-electron chi connectivity index (χ4n) is 8.32. The summed E-state index contributed by atoms with van der Waals surface area (Å²) in [4.78, 5) is 24.5. The van der Waals surface area contributed by atoms with Gasteiger partial charge in [-0.2, -0.15) is 0 Å². The van der Waals surface area contributed by atoms with E-state index in [0.717, 1.165) is 56.8 Å². The van der Waals surface area contributed by atoms with Crippen LogP contribution in [-0.4, -0.2) is 36.4 Å². The van der Waals surface area contributed by atoms with Gasteiger partial charge in [-0.1, -0.05) is 82.3 Å². The summed E-state index contributed by atoms with van der Waals surface area (Å²) in [6, 6.07) is 16.6. The summed E-state index contributed by atoms with van der Waals surface area (Å²) < 4.78 is 11.1. The molecule has 0 aromatic heterocycles. The molecule has 5 heteroatoms. The summed E-state index contributed by atoms with van der Waals surface area (Å²) in [6.07, 6.45) is 16.9. The van der Waals surface area contributed by atoms with Crippen LogP contribution < -0.4 is 0 Å². The molecule has 4 rings (SSSR count). The zero-order valence-electron chi connectivity index (χ0n) is 31.5. The highest BCUT2D eigenvalue weighted by Crippen LogP contribution is 2.45. The third-order valence-corrected chi connectivity index (χ3v) is 11.7. The minimum absolute atomic E-state index is 0.0402. The highest BCUT2D eigenvalue weighted by atomic mass is 16.5. The Bertz CT molecular complexity index is 1390. The van der Waals surface area contributed by atoms with Crippen LogP contribution in [0.3, 0.4) is 0 Å². The molecule has 0 radical (unpaired) electrons. The molecule has 5 nitrogen and oxygen atoms in total. The van der Waals surface area contributed by atoms with Crippen molar-refractivity contribution in [3.05, 3.63) is 94.6 Å². The molecule has 2 aliphatic rings.